The second-order valence-corrected chi connectivity index (χ2v) is 4.54. The van der Waals surface area contributed by atoms with Crippen LogP contribution >= 0.6 is 0 Å². The summed E-state index contributed by atoms with van der Waals surface area (Å²) >= 11 is 0. The number of carbonyl (C=O) groups is 1. The molecule has 2 rings (SSSR count). The summed E-state index contributed by atoms with van der Waals surface area (Å²) in [5.74, 6) is -0.267. The van der Waals surface area contributed by atoms with Crippen molar-refractivity contribution in [1.82, 2.24) is 5.43 Å². The van der Waals surface area contributed by atoms with E-state index in [4.69, 9.17) is 0 Å². The van der Waals surface area contributed by atoms with Gasteiger partial charge in [0.1, 0.15) is 0 Å². The highest BCUT2D eigenvalue weighted by Crippen LogP contribution is 2.18. The maximum atomic E-state index is 11.6. The third-order valence-electron chi connectivity index (χ3n) is 2.86. The minimum atomic E-state index is -0.449. The summed E-state index contributed by atoms with van der Waals surface area (Å²) in [7, 11) is 0. The molecule has 1 aromatic heterocycles. The molecule has 0 fully saturated rings. The number of hydrogen-bond acceptors (Lipinski definition) is 4. The number of nitro benzene ring substituents is 1. The maximum Gasteiger partial charge on any atom is 0.305 e. The number of aromatic nitrogens is 1. The zero-order chi connectivity index (χ0) is 16.5. The first kappa shape index (κ1) is 19.0. The van der Waals surface area contributed by atoms with E-state index < -0.39 is 4.92 Å². The Hall–Kier alpha value is -3.06. The zero-order valence-electron chi connectivity index (χ0n) is 12.6. The van der Waals surface area contributed by atoms with E-state index >= 15 is 0 Å². The first-order valence-corrected chi connectivity index (χ1v) is 6.83. The Bertz CT molecular complexity index is 748. The number of hydrogen-bond donors (Lipinski definition) is 1. The first-order valence-electron chi connectivity index (χ1n) is 6.83. The van der Waals surface area contributed by atoms with Crippen molar-refractivity contribution in [3.63, 3.8) is 0 Å². The number of para-hydroxylation sites is 1. The summed E-state index contributed by atoms with van der Waals surface area (Å²) in [5.41, 5.74) is 2.86. The van der Waals surface area contributed by atoms with Gasteiger partial charge in [-0.3, -0.25) is 14.9 Å². The lowest BCUT2D eigenvalue weighted by Gasteiger charge is -1.96. The van der Waals surface area contributed by atoms with Gasteiger partial charge in [0.2, 0.25) is 6.54 Å². The van der Waals surface area contributed by atoms with Crippen LogP contribution in [0.4, 0.5) is 5.69 Å². The van der Waals surface area contributed by atoms with Gasteiger partial charge in [-0.15, -0.1) is 0 Å². The average molecular weight is 347 g/mol. The summed E-state index contributed by atoms with van der Waals surface area (Å²) in [6.07, 6.45) is 8.00. The van der Waals surface area contributed by atoms with Crippen molar-refractivity contribution in [3.8, 4) is 0 Å². The van der Waals surface area contributed by atoms with Crippen LogP contribution in [0.25, 0.3) is 6.08 Å². The Morgan fingerprint density at radius 3 is 2.62 bits per heavy atom. The Morgan fingerprint density at radius 2 is 1.92 bits per heavy atom. The molecule has 1 aromatic carbocycles. The van der Waals surface area contributed by atoms with Crippen molar-refractivity contribution < 1.29 is 26.7 Å². The summed E-state index contributed by atoms with van der Waals surface area (Å²) in [6, 6.07) is 11.9. The van der Waals surface area contributed by atoms with Crippen molar-refractivity contribution >= 4 is 23.9 Å². The van der Waals surface area contributed by atoms with E-state index in [1.165, 1.54) is 18.4 Å². The number of amides is 1. The Balaban J connectivity index is 0.00000288. The Morgan fingerprint density at radius 1 is 1.21 bits per heavy atom. The van der Waals surface area contributed by atoms with Crippen molar-refractivity contribution in [2.45, 2.75) is 6.54 Å². The van der Waals surface area contributed by atoms with Gasteiger partial charge in [-0.2, -0.15) is 9.67 Å². The van der Waals surface area contributed by atoms with E-state index in [1.54, 1.807) is 41.2 Å². The fourth-order valence-corrected chi connectivity index (χ4v) is 1.83. The zero-order valence-corrected chi connectivity index (χ0v) is 13.3. The van der Waals surface area contributed by atoms with Crippen LogP contribution in [0.2, 0.25) is 0 Å². The van der Waals surface area contributed by atoms with Crippen LogP contribution in [-0.2, 0) is 11.3 Å². The van der Waals surface area contributed by atoms with Gasteiger partial charge in [0.15, 0.2) is 12.4 Å². The minimum Gasteiger partial charge on any atom is -1.00 e. The van der Waals surface area contributed by atoms with Gasteiger partial charge >= 0.3 is 5.91 Å². The number of halogens is 1. The standard InChI is InChI=1S/C16H14N4O3.ClH/c21-16(13-19-11-4-1-5-12-19)18-17-10-6-8-14-7-2-3-9-15(14)20(22)23;/h1-12H,13H2;1H/b8-6?,17-10+;. The second kappa shape index (κ2) is 9.86. The number of allylic oxidation sites excluding steroid dienone is 1. The number of nitro groups is 1. The lowest BCUT2D eigenvalue weighted by Crippen LogP contribution is -3.00. The van der Waals surface area contributed by atoms with E-state index in [2.05, 4.69) is 10.5 Å². The topological polar surface area (TPSA) is 88.5 Å². The summed E-state index contributed by atoms with van der Waals surface area (Å²) in [6.45, 7) is 0.159. The molecule has 0 saturated carbocycles. The van der Waals surface area contributed by atoms with Gasteiger partial charge in [0.25, 0.3) is 5.69 Å². The molecule has 1 N–H and O–H groups in total. The average Bonchev–Trinajstić information content (AvgIpc) is 2.55. The molecule has 0 aliphatic carbocycles. The molecule has 1 heterocycles. The largest absolute Gasteiger partial charge is 1.00 e. The number of carbonyl (C=O) groups excluding carboxylic acids is 1. The van der Waals surface area contributed by atoms with Gasteiger partial charge in [0.05, 0.1) is 10.5 Å². The molecule has 124 valence electrons. The highest BCUT2D eigenvalue weighted by molar-refractivity contribution is 5.81. The molecular weight excluding hydrogens is 332 g/mol. The number of pyridine rings is 1. The van der Waals surface area contributed by atoms with Gasteiger partial charge in [0, 0.05) is 24.4 Å². The van der Waals surface area contributed by atoms with Gasteiger partial charge in [-0.05, 0) is 18.2 Å². The highest BCUT2D eigenvalue weighted by atomic mass is 35.5. The maximum absolute atomic E-state index is 11.6. The summed E-state index contributed by atoms with van der Waals surface area (Å²) < 4.78 is 1.72. The summed E-state index contributed by atoms with van der Waals surface area (Å²) in [5, 5.41) is 14.6. The van der Waals surface area contributed by atoms with Gasteiger partial charge in [-0.25, -0.2) is 5.43 Å². The highest BCUT2D eigenvalue weighted by Gasteiger charge is 2.08. The molecule has 0 saturated heterocycles. The number of rotatable bonds is 6. The van der Waals surface area contributed by atoms with Crippen molar-refractivity contribution in [1.29, 1.82) is 0 Å². The first-order chi connectivity index (χ1) is 11.2. The Labute approximate surface area is 144 Å². The molecule has 24 heavy (non-hydrogen) atoms. The molecule has 0 aliphatic heterocycles. The van der Waals surface area contributed by atoms with Crippen LogP contribution in [0, 0.1) is 10.1 Å². The number of nitrogens with zero attached hydrogens (tertiary/aromatic N) is 3. The molecule has 7 nitrogen and oxygen atoms in total. The molecule has 0 bridgehead atoms. The van der Waals surface area contributed by atoms with Gasteiger partial charge < -0.3 is 12.4 Å². The molecule has 0 spiro atoms. The fraction of sp³-hybridized carbons (Fsp3) is 0.0625. The van der Waals surface area contributed by atoms with E-state index in [9.17, 15) is 14.9 Å². The van der Waals surface area contributed by atoms with E-state index in [1.807, 2.05) is 18.2 Å². The number of hydrazone groups is 1. The van der Waals surface area contributed by atoms with Crippen molar-refractivity contribution in [2.75, 3.05) is 0 Å². The minimum absolute atomic E-state index is 0. The molecule has 0 atom stereocenters. The van der Waals surface area contributed by atoms with Crippen LogP contribution in [0.15, 0.2) is 66.0 Å². The molecule has 0 radical (unpaired) electrons. The molecular formula is C16H15ClN4O3. The normalized spacial score (nSPS) is 10.5. The third kappa shape index (κ3) is 5.98. The lowest BCUT2D eigenvalue weighted by molar-refractivity contribution is -0.684. The molecule has 0 unspecified atom stereocenters. The molecule has 2 aromatic rings. The molecule has 0 aliphatic rings. The number of benzene rings is 1. The lowest BCUT2D eigenvalue weighted by atomic mass is 10.2. The summed E-state index contributed by atoms with van der Waals surface area (Å²) in [4.78, 5) is 22.0. The quantitative estimate of drug-likeness (QED) is 0.305. The fourth-order valence-electron chi connectivity index (χ4n) is 1.83. The van der Waals surface area contributed by atoms with Crippen molar-refractivity contribution in [3.05, 3.63) is 76.6 Å². The van der Waals surface area contributed by atoms with E-state index in [-0.39, 0.29) is 30.5 Å². The van der Waals surface area contributed by atoms with Crippen LogP contribution in [0.1, 0.15) is 5.56 Å². The number of nitrogens with one attached hydrogen (secondary N) is 1. The second-order valence-electron chi connectivity index (χ2n) is 4.54. The predicted molar refractivity (Wildman–Crippen MR) is 85.4 cm³/mol. The van der Waals surface area contributed by atoms with E-state index in [0.29, 0.717) is 5.56 Å². The molecule has 8 heteroatoms. The van der Waals surface area contributed by atoms with Crippen LogP contribution < -0.4 is 22.4 Å². The van der Waals surface area contributed by atoms with Crippen LogP contribution in [0.5, 0.6) is 0 Å². The monoisotopic (exact) mass is 346 g/mol. The van der Waals surface area contributed by atoms with Crippen LogP contribution in [0.3, 0.4) is 0 Å². The van der Waals surface area contributed by atoms with E-state index in [0.717, 1.165) is 0 Å². The third-order valence-corrected chi connectivity index (χ3v) is 2.86. The SMILES string of the molecule is O=C(C[n+]1ccccc1)N/N=C/C=Cc1ccccc1[N+](=O)[O-].[Cl-]. The smallest absolute Gasteiger partial charge is 0.305 e. The Kier molecular flexibility index (Phi) is 7.80. The van der Waals surface area contributed by atoms with Gasteiger partial charge in [-0.1, -0.05) is 18.2 Å². The van der Waals surface area contributed by atoms with Crippen LogP contribution in [-0.4, -0.2) is 17.0 Å². The predicted octanol–water partition coefficient (Wildman–Crippen LogP) is -1.30. The van der Waals surface area contributed by atoms with Crippen molar-refractivity contribution in [2.24, 2.45) is 5.10 Å². The molecule has 1 amide bonds.